The number of rotatable bonds is 8. The summed E-state index contributed by atoms with van der Waals surface area (Å²) in [5.41, 5.74) is 0.871. The molecule has 0 aliphatic heterocycles. The van der Waals surface area contributed by atoms with Crippen molar-refractivity contribution in [2.75, 3.05) is 25.7 Å². The smallest absolute Gasteiger partial charge is 0.497 e. The van der Waals surface area contributed by atoms with E-state index in [4.69, 9.17) is 18.8 Å². The van der Waals surface area contributed by atoms with Crippen molar-refractivity contribution in [2.24, 2.45) is 0 Å². The fourth-order valence-corrected chi connectivity index (χ4v) is 3.28. The lowest BCUT2D eigenvalue weighted by Gasteiger charge is -2.07. The first-order valence-corrected chi connectivity index (χ1v) is 12.2. The first kappa shape index (κ1) is 25.8. The molecule has 0 aromatic heterocycles. The Kier molecular flexibility index (Phi) is 11.3. The van der Waals surface area contributed by atoms with E-state index >= 15 is 0 Å². The third-order valence-corrected chi connectivity index (χ3v) is 6.12. The minimum absolute atomic E-state index is 0.0289. The highest BCUT2D eigenvalue weighted by molar-refractivity contribution is 7.96. The average molecular weight is 460 g/mol. The largest absolute Gasteiger partial charge is 0.514 e. The molecule has 0 saturated carbocycles. The molecule has 2 rings (SSSR count). The summed E-state index contributed by atoms with van der Waals surface area (Å²) in [5, 5.41) is 0. The third-order valence-electron chi connectivity index (χ3n) is 3.64. The van der Waals surface area contributed by atoms with E-state index in [-0.39, 0.29) is 24.1 Å². The van der Waals surface area contributed by atoms with Crippen LogP contribution in [0.3, 0.4) is 0 Å². The highest BCUT2D eigenvalue weighted by Gasteiger charge is 2.13. The topological polar surface area (TPSA) is 108 Å². The van der Waals surface area contributed by atoms with Crippen LogP contribution in [0.25, 0.3) is 0 Å². The second-order valence-corrected chi connectivity index (χ2v) is 9.13. The molecule has 0 unspecified atom stereocenters. The van der Waals surface area contributed by atoms with Crippen molar-refractivity contribution in [3.8, 4) is 11.5 Å². The first-order valence-electron chi connectivity index (χ1n) is 9.00. The number of hydrogen-bond donors (Lipinski definition) is 1. The van der Waals surface area contributed by atoms with Crippen LogP contribution in [0, 0.1) is 0 Å². The van der Waals surface area contributed by atoms with Crippen molar-refractivity contribution in [1.29, 1.82) is 0 Å². The van der Waals surface area contributed by atoms with Crippen molar-refractivity contribution in [2.45, 2.75) is 25.3 Å². The summed E-state index contributed by atoms with van der Waals surface area (Å²) in [6.45, 7) is 3.76. The Morgan fingerprint density at radius 1 is 1.00 bits per heavy atom. The summed E-state index contributed by atoms with van der Waals surface area (Å²) in [6.07, 6.45) is 1.48. The van der Waals surface area contributed by atoms with Gasteiger partial charge < -0.3 is 14.2 Å². The van der Waals surface area contributed by atoms with E-state index < -0.39 is 16.6 Å². The number of ether oxygens (including phenoxy) is 3. The van der Waals surface area contributed by atoms with Gasteiger partial charge in [-0.1, -0.05) is 12.1 Å². The van der Waals surface area contributed by atoms with Crippen LogP contribution in [0.5, 0.6) is 11.5 Å². The SMILES string of the molecule is CCOS(=O)(=O)O.CC[S@+](C)c1ccc(OC(=O)OCc2ccc(OC)cc2)cc1. The molecule has 0 saturated heterocycles. The maximum absolute atomic E-state index is 11.7. The molecule has 0 aliphatic rings. The molecule has 0 aliphatic carbocycles. The Labute approximate surface area is 180 Å². The predicted octanol–water partition coefficient (Wildman–Crippen LogP) is 3.86. The zero-order chi connectivity index (χ0) is 22.6. The van der Waals surface area contributed by atoms with Crippen LogP contribution < -0.4 is 9.47 Å². The van der Waals surface area contributed by atoms with Crippen LogP contribution in [-0.4, -0.2) is 44.9 Å². The summed E-state index contributed by atoms with van der Waals surface area (Å²) in [6, 6.07) is 14.9. The monoisotopic (exact) mass is 459 g/mol. The summed E-state index contributed by atoms with van der Waals surface area (Å²) in [4.78, 5) is 13.0. The number of methoxy groups -OCH3 is 1. The summed E-state index contributed by atoms with van der Waals surface area (Å²) in [7, 11) is -2.34. The maximum Gasteiger partial charge on any atom is 0.514 e. The lowest BCUT2D eigenvalue weighted by molar-refractivity contribution is 0.0927. The summed E-state index contributed by atoms with van der Waals surface area (Å²) >= 11 is 0. The Morgan fingerprint density at radius 2 is 1.57 bits per heavy atom. The average Bonchev–Trinajstić information content (AvgIpc) is 2.72. The number of carbonyl (C=O) groups is 1. The molecule has 1 atom stereocenters. The Morgan fingerprint density at radius 3 is 2.00 bits per heavy atom. The molecular formula is C20H27O8S2+. The zero-order valence-corrected chi connectivity index (χ0v) is 19.0. The maximum atomic E-state index is 11.7. The molecule has 8 nitrogen and oxygen atoms in total. The normalized spacial score (nSPS) is 11.6. The molecule has 0 bridgehead atoms. The number of carbonyl (C=O) groups excluding carboxylic acids is 1. The van der Waals surface area contributed by atoms with Gasteiger partial charge in [0.2, 0.25) is 0 Å². The molecule has 30 heavy (non-hydrogen) atoms. The van der Waals surface area contributed by atoms with Crippen LogP contribution in [0.15, 0.2) is 53.4 Å². The van der Waals surface area contributed by atoms with Crippen LogP contribution >= 0.6 is 0 Å². The molecule has 0 spiro atoms. The molecule has 2 aromatic rings. The van der Waals surface area contributed by atoms with Gasteiger partial charge in [-0.3, -0.25) is 4.55 Å². The second kappa shape index (κ2) is 13.1. The van der Waals surface area contributed by atoms with Crippen molar-refractivity contribution < 1.29 is 36.2 Å². The van der Waals surface area contributed by atoms with E-state index in [2.05, 4.69) is 17.4 Å². The first-order chi connectivity index (χ1) is 14.2. The van der Waals surface area contributed by atoms with E-state index in [1.807, 2.05) is 36.4 Å². The van der Waals surface area contributed by atoms with E-state index in [0.29, 0.717) is 5.75 Å². The van der Waals surface area contributed by atoms with Crippen LogP contribution in [0.1, 0.15) is 19.4 Å². The fourth-order valence-electron chi connectivity index (χ4n) is 2.05. The zero-order valence-electron chi connectivity index (χ0n) is 17.4. The van der Waals surface area contributed by atoms with Gasteiger partial charge in [-0.05, 0) is 55.8 Å². The Hall–Kier alpha value is -2.27. The summed E-state index contributed by atoms with van der Waals surface area (Å²) in [5.74, 6) is 2.35. The van der Waals surface area contributed by atoms with E-state index in [0.717, 1.165) is 17.1 Å². The highest BCUT2D eigenvalue weighted by Crippen LogP contribution is 2.18. The molecule has 10 heteroatoms. The minimum atomic E-state index is -4.17. The van der Waals surface area contributed by atoms with E-state index in [1.165, 1.54) is 11.8 Å². The van der Waals surface area contributed by atoms with Gasteiger partial charge in [-0.25, -0.2) is 8.98 Å². The van der Waals surface area contributed by atoms with Crippen LogP contribution in [-0.2, 0) is 36.8 Å². The van der Waals surface area contributed by atoms with Gasteiger partial charge in [0.05, 0.1) is 13.7 Å². The van der Waals surface area contributed by atoms with Gasteiger partial charge in [0.25, 0.3) is 0 Å². The Balaban J connectivity index is 0.000000553. The van der Waals surface area contributed by atoms with Crippen molar-refractivity contribution in [3.63, 3.8) is 0 Å². The van der Waals surface area contributed by atoms with Gasteiger partial charge in [-0.2, -0.15) is 8.42 Å². The van der Waals surface area contributed by atoms with Crippen molar-refractivity contribution in [1.82, 2.24) is 0 Å². The number of hydrogen-bond acceptors (Lipinski definition) is 7. The molecule has 1 N–H and O–H groups in total. The van der Waals surface area contributed by atoms with Crippen LogP contribution in [0.4, 0.5) is 4.79 Å². The van der Waals surface area contributed by atoms with Gasteiger partial charge in [-0.15, -0.1) is 0 Å². The lowest BCUT2D eigenvalue weighted by atomic mass is 10.2. The second-order valence-electron chi connectivity index (χ2n) is 5.72. The van der Waals surface area contributed by atoms with E-state index in [9.17, 15) is 13.2 Å². The standard InChI is InChI=1S/C18H21O4S.C2H6O4S/c1-4-23(3)17-11-9-16(10-12-17)22-18(19)21-13-14-5-7-15(20-2)8-6-14;1-2-6-7(3,4)5/h5-12H,4,13H2,1-3H3;2H2,1H3,(H,3,4,5)/q+1;/t23-;/m0./s1. The van der Waals surface area contributed by atoms with Gasteiger partial charge in [0.1, 0.15) is 30.1 Å². The summed E-state index contributed by atoms with van der Waals surface area (Å²) < 4.78 is 46.0. The Bertz CT molecular complexity index is 865. The lowest BCUT2D eigenvalue weighted by Crippen LogP contribution is -2.10. The predicted molar refractivity (Wildman–Crippen MR) is 116 cm³/mol. The third kappa shape index (κ3) is 10.5. The van der Waals surface area contributed by atoms with Crippen molar-refractivity contribution >= 4 is 27.4 Å². The van der Waals surface area contributed by atoms with Crippen LogP contribution in [0.2, 0.25) is 0 Å². The molecule has 0 amide bonds. The molecule has 166 valence electrons. The minimum Gasteiger partial charge on any atom is -0.497 e. The molecule has 2 aromatic carbocycles. The fraction of sp³-hybridized carbons (Fsp3) is 0.350. The van der Waals surface area contributed by atoms with Gasteiger partial charge in [0.15, 0.2) is 4.90 Å². The molecule has 0 heterocycles. The quantitative estimate of drug-likeness (QED) is 0.274. The van der Waals surface area contributed by atoms with Crippen molar-refractivity contribution in [3.05, 3.63) is 54.1 Å². The van der Waals surface area contributed by atoms with Gasteiger partial charge >= 0.3 is 16.6 Å². The molecular weight excluding hydrogens is 432 g/mol. The number of benzene rings is 2. The molecule has 0 fully saturated rings. The van der Waals surface area contributed by atoms with Gasteiger partial charge in [0, 0.05) is 10.9 Å². The molecule has 0 radical (unpaired) electrons. The van der Waals surface area contributed by atoms with E-state index in [1.54, 1.807) is 19.2 Å². The highest BCUT2D eigenvalue weighted by atomic mass is 32.3.